The van der Waals surface area contributed by atoms with Gasteiger partial charge in [-0.15, -0.1) is 0 Å². The number of aromatic nitrogens is 3. The second-order valence-electron chi connectivity index (χ2n) is 9.46. The number of benzene rings is 1. The van der Waals surface area contributed by atoms with Crippen molar-refractivity contribution in [1.29, 1.82) is 0 Å². The number of carbonyl (C=O) groups is 1. The minimum absolute atomic E-state index is 0.0592. The van der Waals surface area contributed by atoms with E-state index in [0.717, 1.165) is 19.3 Å². The van der Waals surface area contributed by atoms with Crippen LogP contribution in [-0.4, -0.2) is 70.2 Å². The fourth-order valence-corrected chi connectivity index (χ4v) is 5.34. The van der Waals surface area contributed by atoms with Crippen molar-refractivity contribution in [2.24, 2.45) is 0 Å². The van der Waals surface area contributed by atoms with E-state index < -0.39 is 11.6 Å². The largest absolute Gasteiger partial charge is 0.488 e. The summed E-state index contributed by atoms with van der Waals surface area (Å²) in [5, 5.41) is 2.87. The molecule has 11 heteroatoms. The van der Waals surface area contributed by atoms with Crippen LogP contribution in [0, 0.1) is 11.6 Å². The molecular weight excluding hydrogens is 482 g/mol. The summed E-state index contributed by atoms with van der Waals surface area (Å²) in [6.07, 6.45) is 5.22. The van der Waals surface area contributed by atoms with Crippen molar-refractivity contribution in [2.75, 3.05) is 36.5 Å². The molecule has 0 unspecified atom stereocenters. The number of nitrogens with one attached hydrogen (secondary N) is 1. The van der Waals surface area contributed by atoms with Gasteiger partial charge < -0.3 is 24.6 Å². The summed E-state index contributed by atoms with van der Waals surface area (Å²) in [6.45, 7) is 5.68. The molecule has 3 aliphatic heterocycles. The molecule has 3 fully saturated rings. The molecule has 3 aromatic rings. The van der Waals surface area contributed by atoms with Gasteiger partial charge in [0.15, 0.2) is 17.4 Å². The Morgan fingerprint density at radius 2 is 2.08 bits per heavy atom. The van der Waals surface area contributed by atoms with Crippen LogP contribution in [0.5, 0.6) is 5.75 Å². The van der Waals surface area contributed by atoms with Gasteiger partial charge in [0.2, 0.25) is 11.7 Å². The first-order valence-electron chi connectivity index (χ1n) is 12.3. The number of rotatable bonds is 7. The summed E-state index contributed by atoms with van der Waals surface area (Å²) < 4.78 is 40.6. The monoisotopic (exact) mass is 508 g/mol. The zero-order chi connectivity index (χ0) is 25.5. The van der Waals surface area contributed by atoms with E-state index in [0.29, 0.717) is 36.5 Å². The Labute approximate surface area is 212 Å². The highest BCUT2D eigenvalue weighted by molar-refractivity contribution is 5.89. The van der Waals surface area contributed by atoms with E-state index in [9.17, 15) is 13.6 Å². The van der Waals surface area contributed by atoms with Gasteiger partial charge in [0.1, 0.15) is 24.3 Å². The first-order chi connectivity index (χ1) is 18.0. The van der Waals surface area contributed by atoms with Gasteiger partial charge in [-0.2, -0.15) is 4.39 Å². The van der Waals surface area contributed by atoms with Gasteiger partial charge in [0, 0.05) is 19.7 Å². The van der Waals surface area contributed by atoms with Crippen LogP contribution in [0.2, 0.25) is 0 Å². The van der Waals surface area contributed by atoms with Crippen LogP contribution in [0.1, 0.15) is 19.3 Å². The molecule has 3 aliphatic rings. The van der Waals surface area contributed by atoms with Gasteiger partial charge in [-0.1, -0.05) is 6.58 Å². The lowest BCUT2D eigenvalue weighted by molar-refractivity contribution is -0.127. The molecule has 0 spiro atoms. The molecule has 2 bridgehead atoms. The predicted octanol–water partition coefficient (Wildman–Crippen LogP) is 3.58. The molecule has 3 saturated heterocycles. The Hall–Kier alpha value is -3.86. The maximum absolute atomic E-state index is 14.9. The predicted molar refractivity (Wildman–Crippen MR) is 133 cm³/mol. The number of nitrogens with zero attached hydrogens (tertiary/aromatic N) is 5. The number of ether oxygens (including phenoxy) is 2. The standard InChI is InChI=1S/C26H26F2N6O3/c1-2-22(35)34-12-15-10-16(34)11-33(15)21-8-6-19-25(32-21)26(30-14-29-19)31-18-5-7-20(24(28)23(18)27)37-13-17-4-3-9-36-17/h2,5-8,14-17H,1,3-4,9-13H2,(H,29,30,31)/t15-,16-,17-/m0/s1. The van der Waals surface area contributed by atoms with Gasteiger partial charge in [0.25, 0.3) is 0 Å². The van der Waals surface area contributed by atoms with Crippen LogP contribution in [0.4, 0.5) is 26.1 Å². The third-order valence-electron chi connectivity index (χ3n) is 7.21. The SMILES string of the molecule is C=CC(=O)N1C[C@@H]2C[C@H]1CN2c1ccc2ncnc(Nc3ccc(OC[C@@H]4CCCO4)c(F)c3F)c2n1. The summed E-state index contributed by atoms with van der Waals surface area (Å²) in [4.78, 5) is 29.4. The van der Waals surface area contributed by atoms with Gasteiger partial charge in [-0.3, -0.25) is 4.79 Å². The van der Waals surface area contributed by atoms with E-state index in [1.54, 1.807) is 0 Å². The average molecular weight is 509 g/mol. The van der Waals surface area contributed by atoms with Crippen molar-refractivity contribution in [2.45, 2.75) is 37.5 Å². The molecule has 0 aliphatic carbocycles. The van der Waals surface area contributed by atoms with Crippen LogP contribution in [0.3, 0.4) is 0 Å². The molecule has 9 nitrogen and oxygen atoms in total. The molecule has 1 amide bonds. The second-order valence-corrected chi connectivity index (χ2v) is 9.46. The van der Waals surface area contributed by atoms with Crippen molar-refractivity contribution in [3.63, 3.8) is 0 Å². The number of anilines is 3. The Morgan fingerprint density at radius 3 is 2.84 bits per heavy atom. The Balaban J connectivity index is 1.23. The quantitative estimate of drug-likeness (QED) is 0.485. The molecule has 0 saturated carbocycles. The number of carbonyl (C=O) groups excluding carboxylic acids is 1. The Morgan fingerprint density at radius 1 is 1.19 bits per heavy atom. The number of likely N-dealkylation sites (tertiary alicyclic amines) is 1. The Kier molecular flexibility index (Phi) is 6.07. The number of hydrogen-bond acceptors (Lipinski definition) is 8. The molecule has 1 N–H and O–H groups in total. The number of fused-ring (bicyclic) bond motifs is 3. The van der Waals surface area contributed by atoms with E-state index in [4.69, 9.17) is 14.5 Å². The van der Waals surface area contributed by atoms with Gasteiger partial charge in [0.05, 0.1) is 29.4 Å². The smallest absolute Gasteiger partial charge is 0.246 e. The molecule has 5 heterocycles. The van der Waals surface area contributed by atoms with Gasteiger partial charge in [-0.25, -0.2) is 19.3 Å². The van der Waals surface area contributed by atoms with Crippen molar-refractivity contribution in [3.05, 3.63) is 54.9 Å². The van der Waals surface area contributed by atoms with Gasteiger partial charge >= 0.3 is 0 Å². The van der Waals surface area contributed by atoms with E-state index in [-0.39, 0.29) is 48.0 Å². The lowest BCUT2D eigenvalue weighted by Gasteiger charge is -2.34. The molecule has 6 rings (SSSR count). The zero-order valence-corrected chi connectivity index (χ0v) is 20.1. The highest BCUT2D eigenvalue weighted by atomic mass is 19.2. The maximum Gasteiger partial charge on any atom is 0.246 e. The molecular formula is C26H26F2N6O3. The lowest BCUT2D eigenvalue weighted by Crippen LogP contribution is -2.48. The summed E-state index contributed by atoms with van der Waals surface area (Å²) in [6, 6.07) is 6.74. The van der Waals surface area contributed by atoms with Gasteiger partial charge in [-0.05, 0) is 49.6 Å². The maximum atomic E-state index is 14.9. The minimum atomic E-state index is -1.08. The minimum Gasteiger partial charge on any atom is -0.488 e. The fourth-order valence-electron chi connectivity index (χ4n) is 5.34. The third-order valence-corrected chi connectivity index (χ3v) is 7.21. The van der Waals surface area contributed by atoms with Crippen LogP contribution >= 0.6 is 0 Å². The normalized spacial score (nSPS) is 22.6. The molecule has 0 radical (unpaired) electrons. The molecule has 3 atom stereocenters. The fraction of sp³-hybridized carbons (Fsp3) is 0.385. The third kappa shape index (κ3) is 4.33. The number of hydrogen-bond donors (Lipinski definition) is 1. The average Bonchev–Trinajstić information content (AvgIpc) is 3.68. The summed E-state index contributed by atoms with van der Waals surface area (Å²) >= 11 is 0. The molecule has 1 aromatic carbocycles. The first-order valence-corrected chi connectivity index (χ1v) is 12.3. The van der Waals surface area contributed by atoms with Crippen LogP contribution in [-0.2, 0) is 9.53 Å². The molecule has 192 valence electrons. The van der Waals surface area contributed by atoms with Crippen molar-refractivity contribution in [3.8, 4) is 5.75 Å². The number of amides is 1. The number of pyridine rings is 1. The molecule has 2 aromatic heterocycles. The lowest BCUT2D eigenvalue weighted by atomic mass is 10.2. The number of halogens is 2. The Bertz CT molecular complexity index is 1370. The highest BCUT2D eigenvalue weighted by Crippen LogP contribution is 2.35. The first kappa shape index (κ1) is 23.5. The second kappa shape index (κ2) is 9.55. The van der Waals surface area contributed by atoms with E-state index in [1.165, 1.54) is 24.5 Å². The van der Waals surface area contributed by atoms with Crippen molar-refractivity contribution < 1.29 is 23.0 Å². The molecule has 37 heavy (non-hydrogen) atoms. The summed E-state index contributed by atoms with van der Waals surface area (Å²) in [5.74, 6) is -1.41. The van der Waals surface area contributed by atoms with Crippen LogP contribution in [0.25, 0.3) is 11.0 Å². The van der Waals surface area contributed by atoms with E-state index in [2.05, 4.69) is 26.8 Å². The van der Waals surface area contributed by atoms with Crippen molar-refractivity contribution in [1.82, 2.24) is 19.9 Å². The van der Waals surface area contributed by atoms with E-state index in [1.807, 2.05) is 17.0 Å². The van der Waals surface area contributed by atoms with Crippen molar-refractivity contribution >= 4 is 34.3 Å². The summed E-state index contributed by atoms with van der Waals surface area (Å²) in [5.41, 5.74) is 0.903. The van der Waals surface area contributed by atoms with Crippen LogP contribution < -0.4 is 15.0 Å². The number of piperazine rings is 1. The highest BCUT2D eigenvalue weighted by Gasteiger charge is 2.45. The van der Waals surface area contributed by atoms with Crippen LogP contribution in [0.15, 0.2) is 43.2 Å². The zero-order valence-electron chi connectivity index (χ0n) is 20.1. The topological polar surface area (TPSA) is 92.7 Å². The van der Waals surface area contributed by atoms with E-state index >= 15 is 0 Å². The summed E-state index contributed by atoms with van der Waals surface area (Å²) in [7, 11) is 0.